The van der Waals surface area contributed by atoms with Crippen LogP contribution in [0.3, 0.4) is 0 Å². The number of rotatable bonds is 2. The van der Waals surface area contributed by atoms with E-state index in [1.807, 2.05) is 0 Å². The molecule has 0 aliphatic carbocycles. The summed E-state index contributed by atoms with van der Waals surface area (Å²) >= 11 is 0. The van der Waals surface area contributed by atoms with Crippen molar-refractivity contribution in [2.45, 2.75) is 6.92 Å². The molecule has 4 heteroatoms. The molecule has 0 heterocycles. The Morgan fingerprint density at radius 1 is 1.50 bits per heavy atom. The van der Waals surface area contributed by atoms with Crippen LogP contribution in [0.15, 0.2) is 30.4 Å². The molecule has 3 nitrogen and oxygen atoms in total. The maximum Gasteiger partial charge on any atom is 0.338 e. The van der Waals surface area contributed by atoms with E-state index in [1.54, 1.807) is 0 Å². The fourth-order valence-corrected chi connectivity index (χ4v) is 0.801. The van der Waals surface area contributed by atoms with Crippen molar-refractivity contribution in [1.29, 1.82) is 0 Å². The summed E-state index contributed by atoms with van der Waals surface area (Å²) in [5.74, 6) is -1.67. The zero-order valence-electron chi connectivity index (χ0n) is 7.58. The number of aromatic hydroxyl groups is 1. The van der Waals surface area contributed by atoms with E-state index in [9.17, 15) is 9.18 Å². The van der Waals surface area contributed by atoms with Gasteiger partial charge in [0.25, 0.3) is 0 Å². The Bertz CT molecular complexity index is 365. The molecule has 0 spiro atoms. The van der Waals surface area contributed by atoms with Crippen LogP contribution < -0.4 is 4.74 Å². The molecule has 0 saturated heterocycles. The standard InChI is InChI=1S/C10H9FO3/c1-6(2)10(13)14-9-4-7(11)3-8(12)5-9/h3-5,12H,1H2,2H3. The van der Waals surface area contributed by atoms with Gasteiger partial charge in [-0.05, 0) is 6.92 Å². The van der Waals surface area contributed by atoms with Crippen LogP contribution >= 0.6 is 0 Å². The molecule has 0 atom stereocenters. The third-order valence-electron chi connectivity index (χ3n) is 1.42. The van der Waals surface area contributed by atoms with E-state index in [0.717, 1.165) is 18.2 Å². The summed E-state index contributed by atoms with van der Waals surface area (Å²) in [6.45, 7) is 4.84. The number of phenolic OH excluding ortho intramolecular Hbond substituents is 1. The molecule has 0 unspecified atom stereocenters. The number of ether oxygens (including phenoxy) is 1. The zero-order chi connectivity index (χ0) is 10.7. The first-order valence-electron chi connectivity index (χ1n) is 3.86. The zero-order valence-corrected chi connectivity index (χ0v) is 7.58. The van der Waals surface area contributed by atoms with Gasteiger partial charge in [0.2, 0.25) is 0 Å². The first-order valence-corrected chi connectivity index (χ1v) is 3.86. The minimum absolute atomic E-state index is 0.0458. The lowest BCUT2D eigenvalue weighted by Crippen LogP contribution is -2.08. The van der Waals surface area contributed by atoms with Crippen LogP contribution in [-0.2, 0) is 4.79 Å². The van der Waals surface area contributed by atoms with Crippen molar-refractivity contribution in [2.75, 3.05) is 0 Å². The lowest BCUT2D eigenvalue weighted by atomic mass is 10.3. The van der Waals surface area contributed by atoms with Crippen LogP contribution in [0.1, 0.15) is 6.92 Å². The van der Waals surface area contributed by atoms with E-state index in [-0.39, 0.29) is 17.1 Å². The predicted molar refractivity (Wildman–Crippen MR) is 48.5 cm³/mol. The Morgan fingerprint density at radius 3 is 2.64 bits per heavy atom. The molecule has 0 aliphatic rings. The van der Waals surface area contributed by atoms with E-state index in [1.165, 1.54) is 6.92 Å². The minimum atomic E-state index is -0.672. The van der Waals surface area contributed by atoms with Crippen molar-refractivity contribution >= 4 is 5.97 Å². The summed E-state index contributed by atoms with van der Waals surface area (Å²) < 4.78 is 17.4. The molecule has 0 saturated carbocycles. The topological polar surface area (TPSA) is 46.5 Å². The van der Waals surface area contributed by atoms with Crippen LogP contribution in [0, 0.1) is 5.82 Å². The number of carbonyl (C=O) groups is 1. The monoisotopic (exact) mass is 196 g/mol. The molecule has 1 aromatic carbocycles. The number of carbonyl (C=O) groups excluding carboxylic acids is 1. The van der Waals surface area contributed by atoms with E-state index in [2.05, 4.69) is 6.58 Å². The third-order valence-corrected chi connectivity index (χ3v) is 1.42. The van der Waals surface area contributed by atoms with Crippen molar-refractivity contribution in [3.8, 4) is 11.5 Å². The summed E-state index contributed by atoms with van der Waals surface area (Å²) in [5, 5.41) is 8.99. The van der Waals surface area contributed by atoms with Crippen molar-refractivity contribution in [3.63, 3.8) is 0 Å². The Morgan fingerprint density at radius 2 is 2.14 bits per heavy atom. The minimum Gasteiger partial charge on any atom is -0.508 e. The Kier molecular flexibility index (Phi) is 2.86. The number of hydrogen-bond acceptors (Lipinski definition) is 3. The number of phenols is 1. The summed E-state index contributed by atoms with van der Waals surface area (Å²) in [5.41, 5.74) is 0.203. The maximum absolute atomic E-state index is 12.7. The second kappa shape index (κ2) is 3.91. The van der Waals surface area contributed by atoms with E-state index in [4.69, 9.17) is 9.84 Å². The highest BCUT2D eigenvalue weighted by molar-refractivity contribution is 5.88. The molecule has 14 heavy (non-hydrogen) atoms. The quantitative estimate of drug-likeness (QED) is 0.447. The van der Waals surface area contributed by atoms with Crippen LogP contribution in [0.4, 0.5) is 4.39 Å². The van der Waals surface area contributed by atoms with Gasteiger partial charge < -0.3 is 9.84 Å². The van der Waals surface area contributed by atoms with E-state index >= 15 is 0 Å². The molecule has 1 aromatic rings. The largest absolute Gasteiger partial charge is 0.508 e. The number of esters is 1. The maximum atomic E-state index is 12.7. The van der Waals surface area contributed by atoms with Gasteiger partial charge in [-0.1, -0.05) is 6.58 Å². The van der Waals surface area contributed by atoms with Crippen LogP contribution in [0.25, 0.3) is 0 Å². The van der Waals surface area contributed by atoms with Crippen molar-refractivity contribution in [3.05, 3.63) is 36.2 Å². The Hall–Kier alpha value is -1.84. The van der Waals surface area contributed by atoms with Gasteiger partial charge in [-0.15, -0.1) is 0 Å². The summed E-state index contributed by atoms with van der Waals surface area (Å²) in [7, 11) is 0. The summed E-state index contributed by atoms with van der Waals surface area (Å²) in [6, 6.07) is 3.06. The molecule has 74 valence electrons. The van der Waals surface area contributed by atoms with Gasteiger partial charge in [0.15, 0.2) is 0 Å². The fourth-order valence-electron chi connectivity index (χ4n) is 0.801. The van der Waals surface area contributed by atoms with Crippen LogP contribution in [0.2, 0.25) is 0 Å². The average molecular weight is 196 g/mol. The van der Waals surface area contributed by atoms with Gasteiger partial charge in [0.05, 0.1) is 0 Å². The molecular weight excluding hydrogens is 187 g/mol. The Balaban J connectivity index is 2.87. The number of benzene rings is 1. The molecule has 0 fully saturated rings. The molecule has 0 amide bonds. The molecule has 0 aromatic heterocycles. The van der Waals surface area contributed by atoms with Gasteiger partial charge in [-0.3, -0.25) is 0 Å². The van der Waals surface area contributed by atoms with Gasteiger partial charge in [-0.25, -0.2) is 9.18 Å². The normalized spacial score (nSPS) is 9.57. The molecular formula is C10H9FO3. The molecule has 1 rings (SSSR count). The van der Waals surface area contributed by atoms with Gasteiger partial charge >= 0.3 is 5.97 Å². The van der Waals surface area contributed by atoms with Crippen molar-refractivity contribution in [2.24, 2.45) is 0 Å². The van der Waals surface area contributed by atoms with Gasteiger partial charge in [0.1, 0.15) is 17.3 Å². The highest BCUT2D eigenvalue weighted by Crippen LogP contribution is 2.21. The molecule has 1 N–H and O–H groups in total. The van der Waals surface area contributed by atoms with Crippen LogP contribution in [0.5, 0.6) is 11.5 Å². The van der Waals surface area contributed by atoms with E-state index < -0.39 is 11.8 Å². The van der Waals surface area contributed by atoms with Crippen molar-refractivity contribution in [1.82, 2.24) is 0 Å². The predicted octanol–water partition coefficient (Wildman–Crippen LogP) is 2.01. The molecule has 0 radical (unpaired) electrons. The van der Waals surface area contributed by atoms with Crippen LogP contribution in [-0.4, -0.2) is 11.1 Å². The number of hydrogen-bond donors (Lipinski definition) is 1. The Labute approximate surface area is 80.4 Å². The van der Waals surface area contributed by atoms with Gasteiger partial charge in [-0.2, -0.15) is 0 Å². The van der Waals surface area contributed by atoms with Crippen molar-refractivity contribution < 1.29 is 19.0 Å². The highest BCUT2D eigenvalue weighted by atomic mass is 19.1. The highest BCUT2D eigenvalue weighted by Gasteiger charge is 2.07. The first kappa shape index (κ1) is 10.2. The second-order valence-electron chi connectivity index (χ2n) is 2.81. The molecule has 0 bridgehead atoms. The van der Waals surface area contributed by atoms with Gasteiger partial charge in [0, 0.05) is 23.8 Å². The second-order valence-corrected chi connectivity index (χ2v) is 2.81. The SMILES string of the molecule is C=C(C)C(=O)Oc1cc(O)cc(F)c1. The summed E-state index contributed by atoms with van der Waals surface area (Å²) in [4.78, 5) is 11.0. The average Bonchev–Trinajstić information content (AvgIpc) is 2.01. The molecule has 0 aliphatic heterocycles. The number of halogens is 1. The smallest absolute Gasteiger partial charge is 0.338 e. The lowest BCUT2D eigenvalue weighted by Gasteiger charge is -2.03. The summed E-state index contributed by atoms with van der Waals surface area (Å²) in [6.07, 6.45) is 0. The lowest BCUT2D eigenvalue weighted by molar-refractivity contribution is -0.130. The van der Waals surface area contributed by atoms with E-state index in [0.29, 0.717) is 0 Å². The first-order chi connectivity index (χ1) is 6.49. The fraction of sp³-hybridized carbons (Fsp3) is 0.100. The third kappa shape index (κ3) is 2.58.